The van der Waals surface area contributed by atoms with Crippen LogP contribution in [0.4, 0.5) is 13.2 Å². The van der Waals surface area contributed by atoms with E-state index in [9.17, 15) is 18.0 Å². The number of hydrogen-bond donors (Lipinski definition) is 2. The maximum absolute atomic E-state index is 13.3. The molecule has 0 fully saturated rings. The fourth-order valence-electron chi connectivity index (χ4n) is 3.70. The number of carbonyl (C=O) groups excluding carboxylic acids is 1. The number of hydrogen-bond acceptors (Lipinski definition) is 5. The molecular formula is C23H20F3N5O2. The Morgan fingerprint density at radius 1 is 1.12 bits per heavy atom. The lowest BCUT2D eigenvalue weighted by Gasteiger charge is -2.16. The minimum Gasteiger partial charge on any atom is -0.396 e. The summed E-state index contributed by atoms with van der Waals surface area (Å²) in [7, 11) is 0. The Balaban J connectivity index is 1.69. The molecule has 33 heavy (non-hydrogen) atoms. The summed E-state index contributed by atoms with van der Waals surface area (Å²) in [6.45, 7) is -0.463. The monoisotopic (exact) mass is 455 g/mol. The van der Waals surface area contributed by atoms with Gasteiger partial charge < -0.3 is 10.8 Å². The van der Waals surface area contributed by atoms with E-state index < -0.39 is 31.0 Å². The molecule has 1 atom stereocenters. The summed E-state index contributed by atoms with van der Waals surface area (Å²) in [5, 5.41) is 17.2. The summed E-state index contributed by atoms with van der Waals surface area (Å²) in [6, 6.07) is 16.5. The zero-order valence-corrected chi connectivity index (χ0v) is 17.3. The summed E-state index contributed by atoms with van der Waals surface area (Å²) in [6.07, 6.45) is -3.80. The van der Waals surface area contributed by atoms with Gasteiger partial charge in [-0.05, 0) is 35.2 Å². The number of aromatic nitrogens is 4. The van der Waals surface area contributed by atoms with Gasteiger partial charge in [0.2, 0.25) is 0 Å². The summed E-state index contributed by atoms with van der Waals surface area (Å²) >= 11 is 0. The van der Waals surface area contributed by atoms with Crippen molar-refractivity contribution in [2.24, 2.45) is 5.73 Å². The van der Waals surface area contributed by atoms with E-state index in [1.165, 1.54) is 10.9 Å². The lowest BCUT2D eigenvalue weighted by atomic mass is 9.99. The first-order valence-electron chi connectivity index (χ1n) is 10.1. The van der Waals surface area contributed by atoms with Gasteiger partial charge in [0.05, 0.1) is 17.8 Å². The number of amides is 1. The number of carbonyl (C=O) groups is 1. The molecule has 0 aliphatic rings. The van der Waals surface area contributed by atoms with E-state index in [0.29, 0.717) is 11.1 Å². The molecule has 0 saturated carbocycles. The number of primary amides is 1. The van der Waals surface area contributed by atoms with Crippen molar-refractivity contribution in [3.8, 4) is 11.1 Å². The second-order valence-corrected chi connectivity index (χ2v) is 7.58. The minimum absolute atomic E-state index is 0.110. The average molecular weight is 455 g/mol. The molecule has 10 heteroatoms. The maximum Gasteiger partial charge on any atom is 0.397 e. The van der Waals surface area contributed by atoms with E-state index in [-0.39, 0.29) is 17.9 Å². The molecule has 0 radical (unpaired) electrons. The summed E-state index contributed by atoms with van der Waals surface area (Å²) in [5.41, 5.74) is 8.24. The molecule has 3 N–H and O–H groups in total. The van der Waals surface area contributed by atoms with Gasteiger partial charge in [-0.25, -0.2) is 9.67 Å². The van der Waals surface area contributed by atoms with Crippen LogP contribution in [0.1, 0.15) is 34.1 Å². The molecule has 2 heterocycles. The van der Waals surface area contributed by atoms with Crippen LogP contribution in [-0.2, 0) is 6.54 Å². The first kappa shape index (κ1) is 22.4. The molecule has 170 valence electrons. The molecule has 4 rings (SSSR count). The van der Waals surface area contributed by atoms with Crippen LogP contribution in [0.5, 0.6) is 0 Å². The number of nitrogens with zero attached hydrogens (tertiary/aromatic N) is 4. The molecule has 4 aromatic rings. The molecule has 0 saturated heterocycles. The number of aliphatic hydroxyl groups is 1. The molecule has 0 aliphatic heterocycles. The van der Waals surface area contributed by atoms with Gasteiger partial charge in [-0.1, -0.05) is 47.7 Å². The Morgan fingerprint density at radius 3 is 2.55 bits per heavy atom. The summed E-state index contributed by atoms with van der Waals surface area (Å²) < 4.78 is 41.0. The number of fused-ring (bicyclic) bond motifs is 1. The Bertz CT molecular complexity index is 1290. The van der Waals surface area contributed by atoms with Crippen molar-refractivity contribution in [3.05, 3.63) is 77.7 Å². The normalized spacial score (nSPS) is 12.7. The van der Waals surface area contributed by atoms with Gasteiger partial charge in [-0.2, -0.15) is 13.2 Å². The third-order valence-corrected chi connectivity index (χ3v) is 5.28. The predicted molar refractivity (Wildman–Crippen MR) is 115 cm³/mol. The van der Waals surface area contributed by atoms with Crippen molar-refractivity contribution in [2.75, 3.05) is 6.61 Å². The number of aliphatic hydroxyl groups excluding tert-OH is 1. The molecule has 1 unspecified atom stereocenters. The molecular weight excluding hydrogens is 435 g/mol. The van der Waals surface area contributed by atoms with Gasteiger partial charge in [-0.3, -0.25) is 4.79 Å². The van der Waals surface area contributed by atoms with Gasteiger partial charge in [0.1, 0.15) is 11.6 Å². The zero-order chi connectivity index (χ0) is 23.6. The molecule has 2 aromatic heterocycles. The second-order valence-electron chi connectivity index (χ2n) is 7.58. The summed E-state index contributed by atoms with van der Waals surface area (Å²) in [5.74, 6) is -2.55. The molecule has 7 nitrogen and oxygen atoms in total. The van der Waals surface area contributed by atoms with Crippen LogP contribution < -0.4 is 5.73 Å². The van der Waals surface area contributed by atoms with Crippen LogP contribution >= 0.6 is 0 Å². The van der Waals surface area contributed by atoms with E-state index in [2.05, 4.69) is 15.3 Å². The Morgan fingerprint density at radius 2 is 1.88 bits per heavy atom. The van der Waals surface area contributed by atoms with Crippen molar-refractivity contribution in [1.82, 2.24) is 20.0 Å². The number of halogens is 3. The smallest absolute Gasteiger partial charge is 0.396 e. The zero-order valence-electron chi connectivity index (χ0n) is 17.3. The van der Waals surface area contributed by atoms with Gasteiger partial charge in [0.15, 0.2) is 0 Å². The van der Waals surface area contributed by atoms with Crippen LogP contribution in [0, 0.1) is 0 Å². The van der Waals surface area contributed by atoms with Crippen LogP contribution in [0.15, 0.2) is 60.8 Å². The van der Waals surface area contributed by atoms with Crippen molar-refractivity contribution in [2.45, 2.75) is 25.1 Å². The number of pyridine rings is 1. The van der Waals surface area contributed by atoms with Gasteiger partial charge in [-0.15, -0.1) is 5.10 Å². The number of alkyl halides is 3. The fourth-order valence-corrected chi connectivity index (χ4v) is 3.70. The van der Waals surface area contributed by atoms with Crippen molar-refractivity contribution in [1.29, 1.82) is 0 Å². The Labute approximate surface area is 186 Å². The molecule has 0 bridgehead atoms. The lowest BCUT2D eigenvalue weighted by Crippen LogP contribution is -2.22. The number of benzene rings is 2. The van der Waals surface area contributed by atoms with Crippen LogP contribution in [0.25, 0.3) is 22.0 Å². The first-order valence-corrected chi connectivity index (χ1v) is 10.1. The third kappa shape index (κ3) is 4.85. The largest absolute Gasteiger partial charge is 0.397 e. The van der Waals surface area contributed by atoms with E-state index in [0.717, 1.165) is 16.5 Å². The maximum atomic E-state index is 13.3. The predicted octanol–water partition coefficient (Wildman–Crippen LogP) is 3.67. The molecule has 1 amide bonds. The highest BCUT2D eigenvalue weighted by atomic mass is 19.4. The van der Waals surface area contributed by atoms with Crippen molar-refractivity contribution < 1.29 is 23.1 Å². The van der Waals surface area contributed by atoms with E-state index in [1.54, 1.807) is 12.1 Å². The van der Waals surface area contributed by atoms with Crippen molar-refractivity contribution in [3.63, 3.8) is 0 Å². The Hall–Kier alpha value is -3.79. The van der Waals surface area contributed by atoms with Crippen LogP contribution in [-0.4, -0.2) is 43.8 Å². The highest BCUT2D eigenvalue weighted by Gasteiger charge is 2.42. The highest BCUT2D eigenvalue weighted by molar-refractivity contribution is 6.00. The lowest BCUT2D eigenvalue weighted by molar-refractivity contribution is -0.154. The number of nitrogens with two attached hydrogens (primary N) is 1. The quantitative estimate of drug-likeness (QED) is 0.442. The van der Waals surface area contributed by atoms with E-state index in [4.69, 9.17) is 10.8 Å². The van der Waals surface area contributed by atoms with Gasteiger partial charge in [0, 0.05) is 18.2 Å². The van der Waals surface area contributed by atoms with Crippen LogP contribution in [0.2, 0.25) is 0 Å². The van der Waals surface area contributed by atoms with Gasteiger partial charge >= 0.3 is 6.18 Å². The van der Waals surface area contributed by atoms with E-state index in [1.807, 2.05) is 42.5 Å². The van der Waals surface area contributed by atoms with Crippen molar-refractivity contribution >= 4 is 16.8 Å². The topological polar surface area (TPSA) is 107 Å². The minimum atomic E-state index is -4.53. The van der Waals surface area contributed by atoms with Crippen LogP contribution in [0.3, 0.4) is 0 Å². The molecule has 2 aromatic carbocycles. The highest BCUT2D eigenvalue weighted by Crippen LogP contribution is 2.36. The van der Waals surface area contributed by atoms with E-state index >= 15 is 0 Å². The summed E-state index contributed by atoms with van der Waals surface area (Å²) in [4.78, 5) is 16.2. The molecule has 0 aliphatic carbocycles. The van der Waals surface area contributed by atoms with Gasteiger partial charge in [0.25, 0.3) is 5.91 Å². The standard InChI is InChI=1S/C23H20F3N5O2/c24-23(25,26)18(8-9-32)21-13-31(30-29-21)12-14-6-7-16-17(15-4-2-1-3-5-15)11-20(22(27)33)28-19(16)10-14/h1-7,10-11,13,18,32H,8-9,12H2,(H2,27,33). The fraction of sp³-hybridized carbons (Fsp3) is 0.217. The first-order chi connectivity index (χ1) is 15.8. The second kappa shape index (κ2) is 8.99. The third-order valence-electron chi connectivity index (χ3n) is 5.28. The SMILES string of the molecule is NC(=O)c1cc(-c2ccccc2)c2ccc(Cn3cc(C(CCO)C(F)(F)F)nn3)cc2n1. The molecule has 0 spiro atoms. The Kier molecular flexibility index (Phi) is 6.10. The number of rotatable bonds is 7. The average Bonchev–Trinajstić information content (AvgIpc) is 3.24.